The topological polar surface area (TPSA) is 66.1 Å². The second-order valence-corrected chi connectivity index (χ2v) is 8.47. The molecule has 1 aromatic heterocycles. The number of H-pyrrole nitrogens is 1. The zero-order valence-corrected chi connectivity index (χ0v) is 18.3. The third-order valence-electron chi connectivity index (χ3n) is 4.31. The lowest BCUT2D eigenvalue weighted by Crippen LogP contribution is -2.34. The largest absolute Gasteiger partial charge is 0.335 e. The second kappa shape index (κ2) is 10.1. The lowest BCUT2D eigenvalue weighted by atomic mass is 10.2. The van der Waals surface area contributed by atoms with Gasteiger partial charge in [0.25, 0.3) is 5.56 Å². The summed E-state index contributed by atoms with van der Waals surface area (Å²) in [6.07, 6.45) is 0.817. The SMILES string of the molecule is CCCN(Cc1nc2cc(Cl)ccc2c(=O)[nH]1)C(=O)CSCc1ccc(Cl)cc1. The maximum absolute atomic E-state index is 12.7. The summed E-state index contributed by atoms with van der Waals surface area (Å²) in [6, 6.07) is 12.6. The summed E-state index contributed by atoms with van der Waals surface area (Å²) >= 11 is 13.5. The zero-order valence-electron chi connectivity index (χ0n) is 16.0. The Kier molecular flexibility index (Phi) is 7.58. The van der Waals surface area contributed by atoms with Gasteiger partial charge in [0.2, 0.25) is 5.91 Å². The van der Waals surface area contributed by atoms with E-state index in [2.05, 4.69) is 9.97 Å². The maximum Gasteiger partial charge on any atom is 0.258 e. The molecule has 0 bridgehead atoms. The first-order chi connectivity index (χ1) is 14.0. The lowest BCUT2D eigenvalue weighted by Gasteiger charge is -2.21. The first-order valence-electron chi connectivity index (χ1n) is 9.24. The van der Waals surface area contributed by atoms with Gasteiger partial charge in [0.15, 0.2) is 0 Å². The molecule has 0 unspecified atom stereocenters. The molecule has 5 nitrogen and oxygen atoms in total. The summed E-state index contributed by atoms with van der Waals surface area (Å²) in [5.41, 5.74) is 1.41. The van der Waals surface area contributed by atoms with E-state index in [4.69, 9.17) is 23.2 Å². The van der Waals surface area contributed by atoms with Gasteiger partial charge in [-0.05, 0) is 42.3 Å². The second-order valence-electron chi connectivity index (χ2n) is 6.61. The van der Waals surface area contributed by atoms with Gasteiger partial charge in [0, 0.05) is 22.3 Å². The average molecular weight is 450 g/mol. The lowest BCUT2D eigenvalue weighted by molar-refractivity contribution is -0.129. The molecular formula is C21H21Cl2N3O2S. The monoisotopic (exact) mass is 449 g/mol. The third-order valence-corrected chi connectivity index (χ3v) is 5.79. The van der Waals surface area contributed by atoms with Crippen LogP contribution in [0.5, 0.6) is 0 Å². The summed E-state index contributed by atoms with van der Waals surface area (Å²) in [6.45, 7) is 2.86. The van der Waals surface area contributed by atoms with Crippen LogP contribution in [-0.2, 0) is 17.1 Å². The minimum absolute atomic E-state index is 0.0136. The minimum atomic E-state index is -0.234. The molecule has 0 aliphatic heterocycles. The minimum Gasteiger partial charge on any atom is -0.335 e. The summed E-state index contributed by atoms with van der Waals surface area (Å²) < 4.78 is 0. The smallest absolute Gasteiger partial charge is 0.258 e. The molecule has 0 atom stereocenters. The van der Waals surface area contributed by atoms with Crippen LogP contribution in [0.15, 0.2) is 47.3 Å². The Morgan fingerprint density at radius 3 is 2.59 bits per heavy atom. The van der Waals surface area contributed by atoms with Gasteiger partial charge in [0.1, 0.15) is 5.82 Å². The molecule has 0 saturated carbocycles. The number of nitrogens with one attached hydrogen (secondary N) is 1. The van der Waals surface area contributed by atoms with Crippen molar-refractivity contribution in [2.75, 3.05) is 12.3 Å². The van der Waals surface area contributed by atoms with Crippen molar-refractivity contribution in [2.24, 2.45) is 0 Å². The van der Waals surface area contributed by atoms with Gasteiger partial charge in [0.05, 0.1) is 23.2 Å². The van der Waals surface area contributed by atoms with Gasteiger partial charge in [-0.1, -0.05) is 42.3 Å². The fourth-order valence-corrected chi connectivity index (χ4v) is 4.09. The molecule has 152 valence electrons. The summed E-state index contributed by atoms with van der Waals surface area (Å²) in [4.78, 5) is 34.0. The Morgan fingerprint density at radius 1 is 1.14 bits per heavy atom. The van der Waals surface area contributed by atoms with E-state index in [-0.39, 0.29) is 18.0 Å². The summed E-state index contributed by atoms with van der Waals surface area (Å²) in [5, 5.41) is 1.69. The molecule has 2 aromatic carbocycles. The standard InChI is InChI=1S/C21H21Cl2N3O2S/c1-2-9-26(20(27)13-29-12-14-3-5-15(22)6-4-14)11-19-24-18-10-16(23)7-8-17(18)21(28)25-19/h3-8,10H,2,9,11-13H2,1H3,(H,24,25,28). The van der Waals surface area contributed by atoms with Crippen LogP contribution >= 0.6 is 35.0 Å². The van der Waals surface area contributed by atoms with E-state index >= 15 is 0 Å². The average Bonchev–Trinajstić information content (AvgIpc) is 2.68. The molecule has 1 amide bonds. The van der Waals surface area contributed by atoms with Crippen LogP contribution in [0.3, 0.4) is 0 Å². The fraction of sp³-hybridized carbons (Fsp3) is 0.286. The van der Waals surface area contributed by atoms with Gasteiger partial charge < -0.3 is 9.88 Å². The number of aromatic amines is 1. The Hall–Kier alpha value is -2.02. The number of halogens is 2. The van der Waals surface area contributed by atoms with Gasteiger partial charge >= 0.3 is 0 Å². The molecule has 0 spiro atoms. The first kappa shape index (κ1) is 21.7. The Morgan fingerprint density at radius 2 is 1.86 bits per heavy atom. The molecule has 1 N–H and O–H groups in total. The molecule has 29 heavy (non-hydrogen) atoms. The van der Waals surface area contributed by atoms with Crippen molar-refractivity contribution < 1.29 is 4.79 Å². The van der Waals surface area contributed by atoms with Gasteiger partial charge in [-0.25, -0.2) is 4.98 Å². The number of hydrogen-bond donors (Lipinski definition) is 1. The highest BCUT2D eigenvalue weighted by Gasteiger charge is 2.15. The maximum atomic E-state index is 12.7. The number of carbonyl (C=O) groups is 1. The van der Waals surface area contributed by atoms with E-state index in [0.717, 1.165) is 17.7 Å². The quantitative estimate of drug-likeness (QED) is 0.530. The van der Waals surface area contributed by atoms with E-state index < -0.39 is 0 Å². The molecule has 3 aromatic rings. The molecule has 8 heteroatoms. The van der Waals surface area contributed by atoms with Crippen LogP contribution in [0.2, 0.25) is 10.0 Å². The molecule has 0 radical (unpaired) electrons. The molecule has 0 aliphatic rings. The number of fused-ring (bicyclic) bond motifs is 1. The van der Waals surface area contributed by atoms with E-state index in [0.29, 0.717) is 39.1 Å². The van der Waals surface area contributed by atoms with Gasteiger partial charge in [-0.15, -0.1) is 11.8 Å². The van der Waals surface area contributed by atoms with Crippen LogP contribution in [0.1, 0.15) is 24.7 Å². The highest BCUT2D eigenvalue weighted by Crippen LogP contribution is 2.17. The van der Waals surface area contributed by atoms with Gasteiger partial charge in [-0.3, -0.25) is 9.59 Å². The molecule has 3 rings (SSSR count). The van der Waals surface area contributed by atoms with Crippen molar-refractivity contribution in [2.45, 2.75) is 25.6 Å². The number of benzene rings is 2. The molecule has 0 aliphatic carbocycles. The molecule has 0 fully saturated rings. The fourth-order valence-electron chi connectivity index (χ4n) is 2.91. The third kappa shape index (κ3) is 5.98. The highest BCUT2D eigenvalue weighted by molar-refractivity contribution is 7.99. The van der Waals surface area contributed by atoms with Crippen LogP contribution < -0.4 is 5.56 Å². The number of nitrogens with zero attached hydrogens (tertiary/aromatic N) is 2. The number of thioether (sulfide) groups is 1. The summed E-state index contributed by atoms with van der Waals surface area (Å²) in [7, 11) is 0. The Bertz CT molecular complexity index is 1050. The highest BCUT2D eigenvalue weighted by atomic mass is 35.5. The number of amides is 1. The van der Waals surface area contributed by atoms with E-state index in [9.17, 15) is 9.59 Å². The van der Waals surface area contributed by atoms with Gasteiger partial charge in [-0.2, -0.15) is 0 Å². The molecule has 0 saturated heterocycles. The summed E-state index contributed by atoms with van der Waals surface area (Å²) in [5.74, 6) is 1.55. The zero-order chi connectivity index (χ0) is 20.8. The van der Waals surface area contributed by atoms with E-state index in [1.807, 2.05) is 31.2 Å². The number of aromatic nitrogens is 2. The van der Waals surface area contributed by atoms with Crippen molar-refractivity contribution in [3.8, 4) is 0 Å². The molecule has 1 heterocycles. The van der Waals surface area contributed by atoms with E-state index in [1.165, 1.54) is 0 Å². The number of carbonyl (C=O) groups excluding carboxylic acids is 1. The van der Waals surface area contributed by atoms with Crippen molar-refractivity contribution in [3.05, 3.63) is 74.3 Å². The molecular weight excluding hydrogens is 429 g/mol. The Balaban J connectivity index is 1.67. The number of hydrogen-bond acceptors (Lipinski definition) is 4. The first-order valence-corrected chi connectivity index (χ1v) is 11.2. The van der Waals surface area contributed by atoms with Crippen molar-refractivity contribution in [1.29, 1.82) is 0 Å². The Labute approximate surface area is 183 Å². The van der Waals surface area contributed by atoms with Crippen molar-refractivity contribution >= 4 is 51.8 Å². The number of rotatable bonds is 8. The normalized spacial score (nSPS) is 11.0. The van der Waals surface area contributed by atoms with Crippen LogP contribution in [0.25, 0.3) is 10.9 Å². The van der Waals surface area contributed by atoms with Crippen LogP contribution in [0, 0.1) is 0 Å². The van der Waals surface area contributed by atoms with Crippen molar-refractivity contribution in [1.82, 2.24) is 14.9 Å². The predicted molar refractivity (Wildman–Crippen MR) is 121 cm³/mol. The van der Waals surface area contributed by atoms with E-state index in [1.54, 1.807) is 34.9 Å². The van der Waals surface area contributed by atoms with Crippen molar-refractivity contribution in [3.63, 3.8) is 0 Å². The predicted octanol–water partition coefficient (Wildman–Crippen LogP) is 4.90. The van der Waals surface area contributed by atoms with Crippen LogP contribution in [0.4, 0.5) is 0 Å². The van der Waals surface area contributed by atoms with Crippen LogP contribution in [-0.4, -0.2) is 33.1 Å².